The number of halogens is 2. The third kappa shape index (κ3) is 4.22. The average Bonchev–Trinajstić information content (AvgIpc) is 2.97. The third-order valence-corrected chi connectivity index (χ3v) is 6.31. The number of carbonyl (C=O) groups excluding carboxylic acids is 3. The molecule has 0 bridgehead atoms. The first-order chi connectivity index (χ1) is 14.7. The number of nitrogens with one attached hydrogen (secondary N) is 1. The summed E-state index contributed by atoms with van der Waals surface area (Å²) >= 11 is 0. The zero-order valence-electron chi connectivity index (χ0n) is 17.3. The van der Waals surface area contributed by atoms with Crippen LogP contribution < -0.4 is 5.32 Å². The van der Waals surface area contributed by atoms with Crippen molar-refractivity contribution in [2.75, 3.05) is 6.54 Å². The van der Waals surface area contributed by atoms with E-state index in [4.69, 9.17) is 0 Å². The number of amides is 3. The summed E-state index contributed by atoms with van der Waals surface area (Å²) in [7, 11) is 0. The molecule has 0 radical (unpaired) electrons. The van der Waals surface area contributed by atoms with Gasteiger partial charge in [-0.15, -0.1) is 0 Å². The van der Waals surface area contributed by atoms with Crippen LogP contribution in [0.4, 0.5) is 13.6 Å². The summed E-state index contributed by atoms with van der Waals surface area (Å²) in [5, 5.41) is 2.56. The molecule has 0 unspecified atom stereocenters. The number of nitrogens with zero attached hydrogens (tertiary/aromatic N) is 1. The van der Waals surface area contributed by atoms with Gasteiger partial charge in [0.2, 0.25) is 5.92 Å². The number of benzene rings is 2. The highest BCUT2D eigenvalue weighted by molar-refractivity contribution is 6.11. The Morgan fingerprint density at radius 3 is 2.29 bits per heavy atom. The van der Waals surface area contributed by atoms with Crippen molar-refractivity contribution in [3.8, 4) is 0 Å². The predicted octanol–water partition coefficient (Wildman–Crippen LogP) is 4.27. The van der Waals surface area contributed by atoms with Crippen molar-refractivity contribution >= 4 is 17.7 Å². The van der Waals surface area contributed by atoms with Crippen LogP contribution in [-0.4, -0.2) is 40.6 Å². The fourth-order valence-corrected chi connectivity index (χ4v) is 4.27. The SMILES string of the molecule is Cc1ccccc1Cc1ccc(C(=O)CN2C(=O)NC3(CCC(F)(F)CC3)C2=O)cc1. The summed E-state index contributed by atoms with van der Waals surface area (Å²) in [5.41, 5.74) is 2.52. The lowest BCUT2D eigenvalue weighted by atomic mass is 9.80. The number of aryl methyl sites for hydroxylation is 1. The van der Waals surface area contributed by atoms with Gasteiger partial charge in [0.1, 0.15) is 5.54 Å². The van der Waals surface area contributed by atoms with Gasteiger partial charge in [-0.05, 0) is 42.9 Å². The Morgan fingerprint density at radius 1 is 1.00 bits per heavy atom. The lowest BCUT2D eigenvalue weighted by Crippen LogP contribution is -2.51. The van der Waals surface area contributed by atoms with E-state index in [0.717, 1.165) is 16.9 Å². The van der Waals surface area contributed by atoms with E-state index >= 15 is 0 Å². The van der Waals surface area contributed by atoms with Gasteiger partial charge in [-0.2, -0.15) is 0 Å². The van der Waals surface area contributed by atoms with Crippen LogP contribution in [-0.2, 0) is 11.2 Å². The van der Waals surface area contributed by atoms with Gasteiger partial charge >= 0.3 is 6.03 Å². The number of ketones is 1. The first-order valence-electron chi connectivity index (χ1n) is 10.4. The first kappa shape index (κ1) is 21.2. The number of carbonyl (C=O) groups is 3. The van der Waals surface area contributed by atoms with Crippen molar-refractivity contribution in [2.24, 2.45) is 0 Å². The van der Waals surface area contributed by atoms with Crippen molar-refractivity contribution < 1.29 is 23.2 Å². The number of Topliss-reactive ketones (excluding diaryl/α,β-unsaturated/α-hetero) is 1. The maximum atomic E-state index is 13.5. The lowest BCUT2D eigenvalue weighted by molar-refractivity contribution is -0.135. The van der Waals surface area contributed by atoms with Crippen LogP contribution in [0.5, 0.6) is 0 Å². The summed E-state index contributed by atoms with van der Waals surface area (Å²) in [6.45, 7) is 1.64. The summed E-state index contributed by atoms with van der Waals surface area (Å²) in [6, 6.07) is 14.5. The molecule has 1 heterocycles. The Bertz CT molecular complexity index is 1020. The number of imide groups is 1. The molecule has 1 saturated heterocycles. The molecule has 2 aromatic carbocycles. The standard InChI is InChI=1S/C24H24F2N2O3/c1-16-4-2-3-5-19(16)14-17-6-8-18(9-7-17)20(29)15-28-21(30)23(27-22(28)31)10-12-24(25,26)13-11-23/h2-9H,10-15H2,1H3,(H,27,31). The molecule has 4 rings (SSSR count). The largest absolute Gasteiger partial charge is 0.325 e. The number of alkyl halides is 2. The molecule has 0 atom stereocenters. The van der Waals surface area contributed by atoms with E-state index in [2.05, 4.69) is 11.4 Å². The zero-order chi connectivity index (χ0) is 22.2. The maximum Gasteiger partial charge on any atom is 0.325 e. The molecule has 2 aromatic rings. The fourth-order valence-electron chi connectivity index (χ4n) is 4.27. The number of hydrogen-bond donors (Lipinski definition) is 1. The molecule has 3 amide bonds. The van der Waals surface area contributed by atoms with Crippen LogP contribution >= 0.6 is 0 Å². The summed E-state index contributed by atoms with van der Waals surface area (Å²) in [4.78, 5) is 38.7. The van der Waals surface area contributed by atoms with Gasteiger partial charge in [-0.3, -0.25) is 14.5 Å². The van der Waals surface area contributed by atoms with Crippen molar-refractivity contribution in [1.29, 1.82) is 0 Å². The van der Waals surface area contributed by atoms with Gasteiger partial charge in [0.05, 0.1) is 6.54 Å². The Balaban J connectivity index is 1.42. The molecular formula is C24H24F2N2O3. The van der Waals surface area contributed by atoms with Crippen molar-refractivity contribution in [2.45, 2.75) is 50.5 Å². The topological polar surface area (TPSA) is 66.5 Å². The molecule has 7 heteroatoms. The van der Waals surface area contributed by atoms with Gasteiger partial charge in [0.15, 0.2) is 5.78 Å². The molecule has 1 aliphatic heterocycles. The van der Waals surface area contributed by atoms with E-state index in [0.29, 0.717) is 5.56 Å². The second-order valence-corrected chi connectivity index (χ2v) is 8.48. The molecule has 0 aromatic heterocycles. The van der Waals surface area contributed by atoms with Crippen molar-refractivity contribution in [3.63, 3.8) is 0 Å². The van der Waals surface area contributed by atoms with E-state index in [1.54, 1.807) is 12.1 Å². The van der Waals surface area contributed by atoms with Gasteiger partial charge in [0, 0.05) is 18.4 Å². The quantitative estimate of drug-likeness (QED) is 0.574. The molecule has 1 N–H and O–H groups in total. The molecule has 162 valence electrons. The highest BCUT2D eigenvalue weighted by Crippen LogP contribution is 2.41. The Morgan fingerprint density at radius 2 is 1.65 bits per heavy atom. The van der Waals surface area contributed by atoms with E-state index in [1.165, 1.54) is 11.1 Å². The zero-order valence-corrected chi connectivity index (χ0v) is 17.3. The lowest BCUT2D eigenvalue weighted by Gasteiger charge is -2.34. The number of urea groups is 1. The molecule has 1 aliphatic carbocycles. The van der Waals surface area contributed by atoms with Crippen molar-refractivity contribution in [3.05, 3.63) is 70.8 Å². The van der Waals surface area contributed by atoms with Crippen LogP contribution in [0.25, 0.3) is 0 Å². The molecule has 31 heavy (non-hydrogen) atoms. The smallest absolute Gasteiger partial charge is 0.323 e. The summed E-state index contributed by atoms with van der Waals surface area (Å²) < 4.78 is 27.0. The number of rotatable bonds is 5. The second kappa shape index (κ2) is 7.87. The predicted molar refractivity (Wildman–Crippen MR) is 111 cm³/mol. The van der Waals surface area contributed by atoms with Gasteiger partial charge in [0.25, 0.3) is 5.91 Å². The fraction of sp³-hybridized carbons (Fsp3) is 0.375. The van der Waals surface area contributed by atoms with Gasteiger partial charge in [-0.1, -0.05) is 48.5 Å². The summed E-state index contributed by atoms with van der Waals surface area (Å²) in [6.07, 6.45) is -0.417. The first-order valence-corrected chi connectivity index (χ1v) is 10.4. The maximum absolute atomic E-state index is 13.5. The van der Waals surface area contributed by atoms with Gasteiger partial charge < -0.3 is 5.32 Å². The molecule has 1 spiro atoms. The molecular weight excluding hydrogens is 402 g/mol. The average molecular weight is 426 g/mol. The molecule has 2 fully saturated rings. The monoisotopic (exact) mass is 426 g/mol. The van der Waals surface area contributed by atoms with Crippen LogP contribution in [0.3, 0.4) is 0 Å². The Kier molecular flexibility index (Phi) is 5.37. The Hall–Kier alpha value is -3.09. The minimum absolute atomic E-state index is 0.122. The normalized spacial score (nSPS) is 19.5. The third-order valence-electron chi connectivity index (χ3n) is 6.31. The minimum Gasteiger partial charge on any atom is -0.323 e. The molecule has 2 aliphatic rings. The van der Waals surface area contributed by atoms with Crippen LogP contribution in [0.15, 0.2) is 48.5 Å². The van der Waals surface area contributed by atoms with Crippen LogP contribution in [0.1, 0.15) is 52.7 Å². The summed E-state index contributed by atoms with van der Waals surface area (Å²) in [5.74, 6) is -3.78. The van der Waals surface area contributed by atoms with Crippen LogP contribution in [0, 0.1) is 6.92 Å². The van der Waals surface area contributed by atoms with Gasteiger partial charge in [-0.25, -0.2) is 13.6 Å². The van der Waals surface area contributed by atoms with E-state index in [1.807, 2.05) is 37.3 Å². The minimum atomic E-state index is -2.82. The number of hydrogen-bond acceptors (Lipinski definition) is 3. The molecule has 1 saturated carbocycles. The highest BCUT2D eigenvalue weighted by atomic mass is 19.3. The van der Waals surface area contributed by atoms with Crippen molar-refractivity contribution in [1.82, 2.24) is 10.2 Å². The second-order valence-electron chi connectivity index (χ2n) is 8.48. The molecule has 5 nitrogen and oxygen atoms in total. The van der Waals surface area contributed by atoms with E-state index in [9.17, 15) is 23.2 Å². The van der Waals surface area contributed by atoms with E-state index in [-0.39, 0.29) is 18.6 Å². The van der Waals surface area contributed by atoms with Crippen LogP contribution in [0.2, 0.25) is 0 Å². The Labute approximate surface area is 179 Å². The highest BCUT2D eigenvalue weighted by Gasteiger charge is 2.55. The van der Waals surface area contributed by atoms with E-state index < -0.39 is 42.8 Å².